The van der Waals surface area contributed by atoms with Crippen molar-refractivity contribution in [2.24, 2.45) is 0 Å². The molecule has 0 atom stereocenters. The Labute approximate surface area is 105 Å². The van der Waals surface area contributed by atoms with Crippen molar-refractivity contribution in [3.05, 3.63) is 54.0 Å². The van der Waals surface area contributed by atoms with E-state index in [1.807, 2.05) is 43.6 Å². The fourth-order valence-electron chi connectivity index (χ4n) is 1.91. The molecule has 0 saturated carbocycles. The van der Waals surface area contributed by atoms with Gasteiger partial charge in [-0.25, -0.2) is 0 Å². The van der Waals surface area contributed by atoms with Gasteiger partial charge in [0.15, 0.2) is 0 Å². The van der Waals surface area contributed by atoms with Crippen molar-refractivity contribution in [3.8, 4) is 0 Å². The first-order valence-corrected chi connectivity index (χ1v) is 5.90. The molecule has 90 valence electrons. The number of anilines is 1. The van der Waals surface area contributed by atoms with Crippen LogP contribution in [0.3, 0.4) is 0 Å². The summed E-state index contributed by atoms with van der Waals surface area (Å²) < 4.78 is 0. The Morgan fingerprint density at radius 2 is 2.11 bits per heavy atom. The highest BCUT2D eigenvalue weighted by Crippen LogP contribution is 2.20. The molecule has 0 aliphatic carbocycles. The maximum absolute atomic E-state index is 4.37. The van der Waals surface area contributed by atoms with E-state index in [2.05, 4.69) is 26.6 Å². The molecule has 0 radical (unpaired) electrons. The van der Waals surface area contributed by atoms with E-state index < -0.39 is 0 Å². The fourth-order valence-corrected chi connectivity index (χ4v) is 1.91. The Kier molecular flexibility index (Phi) is 2.68. The number of rotatable bonds is 3. The molecule has 2 heterocycles. The number of para-hydroxylation sites is 1. The van der Waals surface area contributed by atoms with Crippen molar-refractivity contribution >= 4 is 16.6 Å². The quantitative estimate of drug-likeness (QED) is 0.737. The summed E-state index contributed by atoms with van der Waals surface area (Å²) in [4.78, 5) is 4.37. The van der Waals surface area contributed by atoms with Crippen LogP contribution in [-0.4, -0.2) is 15.2 Å². The van der Waals surface area contributed by atoms with Crippen LogP contribution in [0.5, 0.6) is 0 Å². The van der Waals surface area contributed by atoms with Gasteiger partial charge in [0, 0.05) is 11.6 Å². The largest absolute Gasteiger partial charge is 0.378 e. The molecule has 4 nitrogen and oxygen atoms in total. The first-order valence-electron chi connectivity index (χ1n) is 5.90. The van der Waals surface area contributed by atoms with Gasteiger partial charge in [-0.3, -0.25) is 10.1 Å². The molecule has 0 unspecified atom stereocenters. The highest BCUT2D eigenvalue weighted by Gasteiger charge is 2.02. The molecular formula is C14H14N4. The minimum Gasteiger partial charge on any atom is -0.378 e. The van der Waals surface area contributed by atoms with Crippen LogP contribution in [0, 0.1) is 6.92 Å². The summed E-state index contributed by atoms with van der Waals surface area (Å²) in [6.45, 7) is 2.74. The van der Waals surface area contributed by atoms with Gasteiger partial charge in [0.1, 0.15) is 0 Å². The molecule has 0 saturated heterocycles. The minimum absolute atomic E-state index is 0.707. The second-order valence-electron chi connectivity index (χ2n) is 4.32. The Morgan fingerprint density at radius 1 is 1.17 bits per heavy atom. The van der Waals surface area contributed by atoms with E-state index in [0.717, 1.165) is 22.3 Å². The van der Waals surface area contributed by atoms with E-state index in [1.54, 1.807) is 0 Å². The normalized spacial score (nSPS) is 10.7. The van der Waals surface area contributed by atoms with E-state index in [4.69, 9.17) is 0 Å². The number of nitrogens with one attached hydrogen (secondary N) is 2. The van der Waals surface area contributed by atoms with Crippen molar-refractivity contribution < 1.29 is 0 Å². The molecule has 18 heavy (non-hydrogen) atoms. The lowest BCUT2D eigenvalue weighted by Gasteiger charge is -2.07. The van der Waals surface area contributed by atoms with E-state index in [9.17, 15) is 0 Å². The monoisotopic (exact) mass is 238 g/mol. The molecule has 2 aromatic heterocycles. The van der Waals surface area contributed by atoms with E-state index in [1.165, 1.54) is 5.56 Å². The molecule has 2 N–H and O–H groups in total. The number of aromatic amines is 1. The number of nitrogens with zero attached hydrogens (tertiary/aromatic N) is 2. The Balaban J connectivity index is 1.80. The second-order valence-corrected chi connectivity index (χ2v) is 4.32. The molecule has 0 aliphatic heterocycles. The number of fused-ring (bicyclic) bond motifs is 1. The van der Waals surface area contributed by atoms with Crippen molar-refractivity contribution in [1.82, 2.24) is 15.2 Å². The first-order chi connectivity index (χ1) is 8.83. The predicted molar refractivity (Wildman–Crippen MR) is 72.4 cm³/mol. The SMILES string of the molecule is Cc1ccc(CNc2cccc3cn[nH]c23)nc1. The average molecular weight is 238 g/mol. The van der Waals surface area contributed by atoms with Crippen LogP contribution in [0.1, 0.15) is 11.3 Å². The van der Waals surface area contributed by atoms with Crippen molar-refractivity contribution in [2.45, 2.75) is 13.5 Å². The highest BCUT2D eigenvalue weighted by atomic mass is 15.1. The molecule has 0 aliphatic rings. The zero-order valence-corrected chi connectivity index (χ0v) is 10.1. The number of H-pyrrole nitrogens is 1. The highest BCUT2D eigenvalue weighted by molar-refractivity contribution is 5.89. The molecule has 0 spiro atoms. The molecule has 0 bridgehead atoms. The first kappa shape index (κ1) is 10.8. The summed E-state index contributed by atoms with van der Waals surface area (Å²) in [7, 11) is 0. The number of hydrogen-bond acceptors (Lipinski definition) is 3. The Hall–Kier alpha value is -2.36. The minimum atomic E-state index is 0.707. The van der Waals surface area contributed by atoms with Crippen LogP contribution in [0.15, 0.2) is 42.7 Å². The van der Waals surface area contributed by atoms with Gasteiger partial charge in [-0.05, 0) is 24.6 Å². The van der Waals surface area contributed by atoms with Gasteiger partial charge in [-0.1, -0.05) is 18.2 Å². The second kappa shape index (κ2) is 4.49. The van der Waals surface area contributed by atoms with Gasteiger partial charge >= 0.3 is 0 Å². The molecular weight excluding hydrogens is 224 g/mol. The van der Waals surface area contributed by atoms with Crippen LogP contribution in [-0.2, 0) is 6.54 Å². The zero-order valence-electron chi connectivity index (χ0n) is 10.1. The summed E-state index contributed by atoms with van der Waals surface area (Å²) in [5.74, 6) is 0. The molecule has 3 rings (SSSR count). The summed E-state index contributed by atoms with van der Waals surface area (Å²) in [6, 6.07) is 10.2. The maximum atomic E-state index is 4.37. The zero-order chi connectivity index (χ0) is 12.4. The number of aromatic nitrogens is 3. The summed E-state index contributed by atoms with van der Waals surface area (Å²) in [6.07, 6.45) is 3.71. The summed E-state index contributed by atoms with van der Waals surface area (Å²) >= 11 is 0. The van der Waals surface area contributed by atoms with Crippen LogP contribution in [0.4, 0.5) is 5.69 Å². The lowest BCUT2D eigenvalue weighted by molar-refractivity contribution is 1.04. The van der Waals surface area contributed by atoms with E-state index >= 15 is 0 Å². The molecule has 1 aromatic carbocycles. The lowest BCUT2D eigenvalue weighted by Crippen LogP contribution is -2.02. The van der Waals surface area contributed by atoms with Gasteiger partial charge in [-0.2, -0.15) is 5.10 Å². The van der Waals surface area contributed by atoms with Crippen LogP contribution < -0.4 is 5.32 Å². The van der Waals surface area contributed by atoms with Gasteiger partial charge in [-0.15, -0.1) is 0 Å². The lowest BCUT2D eigenvalue weighted by atomic mass is 10.2. The molecule has 3 aromatic rings. The standard InChI is InChI=1S/C14H14N4/c1-10-5-6-12(15-7-10)9-16-13-4-2-3-11-8-17-18-14(11)13/h2-8,16H,9H2,1H3,(H,17,18). The molecule has 4 heteroatoms. The smallest absolute Gasteiger partial charge is 0.0881 e. The third kappa shape index (κ3) is 2.05. The predicted octanol–water partition coefficient (Wildman–Crippen LogP) is 2.88. The fraction of sp³-hybridized carbons (Fsp3) is 0.143. The van der Waals surface area contributed by atoms with Crippen LogP contribution >= 0.6 is 0 Å². The van der Waals surface area contributed by atoms with E-state index in [-0.39, 0.29) is 0 Å². The van der Waals surface area contributed by atoms with Gasteiger partial charge in [0.25, 0.3) is 0 Å². The molecule has 0 amide bonds. The Bertz CT molecular complexity index is 655. The maximum Gasteiger partial charge on any atom is 0.0881 e. The number of benzene rings is 1. The van der Waals surface area contributed by atoms with Crippen LogP contribution in [0.25, 0.3) is 10.9 Å². The van der Waals surface area contributed by atoms with Gasteiger partial charge in [0.2, 0.25) is 0 Å². The van der Waals surface area contributed by atoms with Crippen molar-refractivity contribution in [2.75, 3.05) is 5.32 Å². The third-order valence-electron chi connectivity index (χ3n) is 2.91. The number of pyridine rings is 1. The number of hydrogen-bond donors (Lipinski definition) is 2. The van der Waals surface area contributed by atoms with Gasteiger partial charge < -0.3 is 5.32 Å². The van der Waals surface area contributed by atoms with E-state index in [0.29, 0.717) is 6.54 Å². The molecule has 0 fully saturated rings. The van der Waals surface area contributed by atoms with Crippen molar-refractivity contribution in [3.63, 3.8) is 0 Å². The van der Waals surface area contributed by atoms with Crippen LogP contribution in [0.2, 0.25) is 0 Å². The topological polar surface area (TPSA) is 53.6 Å². The third-order valence-corrected chi connectivity index (χ3v) is 2.91. The Morgan fingerprint density at radius 3 is 2.94 bits per heavy atom. The number of aryl methyl sites for hydroxylation is 1. The van der Waals surface area contributed by atoms with Gasteiger partial charge in [0.05, 0.1) is 29.6 Å². The van der Waals surface area contributed by atoms with Crippen molar-refractivity contribution in [1.29, 1.82) is 0 Å². The summed E-state index contributed by atoms with van der Waals surface area (Å²) in [5, 5.41) is 11.5. The average Bonchev–Trinajstić information content (AvgIpc) is 2.87. The summed E-state index contributed by atoms with van der Waals surface area (Å²) in [5.41, 5.74) is 4.28.